The molecule has 1 amide bonds. The topological polar surface area (TPSA) is 38.3 Å². The number of rotatable bonds is 5. The smallest absolute Gasteiger partial charge is 0.265 e. The zero-order valence-corrected chi connectivity index (χ0v) is 12.1. The van der Waals surface area contributed by atoms with Crippen LogP contribution in [0.4, 0.5) is 10.1 Å². The third-order valence-electron chi connectivity index (χ3n) is 3.14. The van der Waals surface area contributed by atoms with E-state index in [1.165, 1.54) is 24.3 Å². The van der Waals surface area contributed by atoms with Gasteiger partial charge < -0.3 is 10.1 Å². The number of aryl methyl sites for hydroxylation is 1. The summed E-state index contributed by atoms with van der Waals surface area (Å²) in [5, 5.41) is 2.70. The first-order valence-corrected chi connectivity index (χ1v) is 6.91. The van der Waals surface area contributed by atoms with Crippen molar-refractivity contribution in [2.45, 2.75) is 26.4 Å². The van der Waals surface area contributed by atoms with Gasteiger partial charge >= 0.3 is 0 Å². The number of halogens is 1. The number of amides is 1. The van der Waals surface area contributed by atoms with Gasteiger partial charge in [0.25, 0.3) is 5.91 Å². The molecule has 2 aromatic rings. The molecule has 1 N–H and O–H groups in total. The molecule has 0 aliphatic carbocycles. The lowest BCUT2D eigenvalue weighted by atomic mass is 10.1. The summed E-state index contributed by atoms with van der Waals surface area (Å²) in [5.41, 5.74) is 1.60. The van der Waals surface area contributed by atoms with Crippen LogP contribution in [0.3, 0.4) is 0 Å². The number of ether oxygens (including phenoxy) is 1. The Labute approximate surface area is 123 Å². The van der Waals surface area contributed by atoms with Crippen LogP contribution in [0.25, 0.3) is 0 Å². The van der Waals surface area contributed by atoms with Gasteiger partial charge in [-0.1, -0.05) is 25.1 Å². The molecular weight excluding hydrogens is 269 g/mol. The normalized spacial score (nSPS) is 11.8. The maximum atomic E-state index is 12.8. The highest BCUT2D eigenvalue weighted by atomic mass is 19.1. The second-order valence-electron chi connectivity index (χ2n) is 4.72. The van der Waals surface area contributed by atoms with Crippen LogP contribution in [-0.2, 0) is 11.2 Å². The molecule has 0 saturated heterocycles. The van der Waals surface area contributed by atoms with Gasteiger partial charge in [-0.2, -0.15) is 0 Å². The highest BCUT2D eigenvalue weighted by Gasteiger charge is 2.16. The molecule has 0 fully saturated rings. The Bertz CT molecular complexity index is 610. The number of nitrogens with one attached hydrogen (secondary N) is 1. The molecule has 0 heterocycles. The fourth-order valence-corrected chi connectivity index (χ4v) is 1.93. The van der Waals surface area contributed by atoms with Crippen LogP contribution in [0, 0.1) is 5.82 Å². The Morgan fingerprint density at radius 1 is 1.19 bits per heavy atom. The minimum Gasteiger partial charge on any atom is -0.481 e. The Morgan fingerprint density at radius 2 is 1.86 bits per heavy atom. The molecule has 1 unspecified atom stereocenters. The van der Waals surface area contributed by atoms with E-state index in [1.54, 1.807) is 6.92 Å². The fraction of sp³-hybridized carbons (Fsp3) is 0.235. The van der Waals surface area contributed by atoms with E-state index in [2.05, 4.69) is 5.32 Å². The molecule has 110 valence electrons. The van der Waals surface area contributed by atoms with E-state index in [4.69, 9.17) is 4.74 Å². The largest absolute Gasteiger partial charge is 0.481 e. The Balaban J connectivity index is 2.01. The predicted molar refractivity (Wildman–Crippen MR) is 80.9 cm³/mol. The standard InChI is InChI=1S/C17H18FNO2/c1-3-13-6-4-5-7-16(13)21-12(2)17(20)19-15-10-8-14(18)9-11-15/h4-12H,3H2,1-2H3,(H,19,20). The zero-order valence-electron chi connectivity index (χ0n) is 12.1. The van der Waals surface area contributed by atoms with Crippen molar-refractivity contribution in [2.24, 2.45) is 0 Å². The van der Waals surface area contributed by atoms with Crippen LogP contribution in [0.15, 0.2) is 48.5 Å². The van der Waals surface area contributed by atoms with Crippen LogP contribution >= 0.6 is 0 Å². The van der Waals surface area contributed by atoms with E-state index in [9.17, 15) is 9.18 Å². The van der Waals surface area contributed by atoms with Crippen molar-refractivity contribution < 1.29 is 13.9 Å². The van der Waals surface area contributed by atoms with Gasteiger partial charge in [-0.15, -0.1) is 0 Å². The summed E-state index contributed by atoms with van der Waals surface area (Å²) in [5.74, 6) is 0.100. The zero-order chi connectivity index (χ0) is 15.2. The Morgan fingerprint density at radius 3 is 2.52 bits per heavy atom. The van der Waals surface area contributed by atoms with Gasteiger partial charge in [0.1, 0.15) is 11.6 Å². The molecule has 3 nitrogen and oxygen atoms in total. The number of hydrogen-bond acceptors (Lipinski definition) is 2. The van der Waals surface area contributed by atoms with Crippen molar-refractivity contribution in [3.63, 3.8) is 0 Å². The van der Waals surface area contributed by atoms with Gasteiger partial charge in [0.05, 0.1) is 0 Å². The molecule has 2 rings (SSSR count). The molecule has 4 heteroatoms. The lowest BCUT2D eigenvalue weighted by Gasteiger charge is -2.16. The van der Waals surface area contributed by atoms with Gasteiger partial charge in [-0.3, -0.25) is 4.79 Å². The number of hydrogen-bond donors (Lipinski definition) is 1. The monoisotopic (exact) mass is 287 g/mol. The van der Waals surface area contributed by atoms with Crippen LogP contribution in [0.2, 0.25) is 0 Å². The maximum Gasteiger partial charge on any atom is 0.265 e. The molecule has 0 aromatic heterocycles. The van der Waals surface area contributed by atoms with E-state index in [-0.39, 0.29) is 11.7 Å². The highest BCUT2D eigenvalue weighted by molar-refractivity contribution is 5.94. The molecule has 21 heavy (non-hydrogen) atoms. The number of benzene rings is 2. The van der Waals surface area contributed by atoms with Gasteiger partial charge in [0.2, 0.25) is 0 Å². The average Bonchev–Trinajstić information content (AvgIpc) is 2.50. The van der Waals surface area contributed by atoms with Crippen molar-refractivity contribution in [3.05, 3.63) is 59.9 Å². The van der Waals surface area contributed by atoms with E-state index in [1.807, 2.05) is 31.2 Å². The summed E-state index contributed by atoms with van der Waals surface area (Å²) in [6.45, 7) is 3.72. The summed E-state index contributed by atoms with van der Waals surface area (Å²) < 4.78 is 18.5. The number of anilines is 1. The summed E-state index contributed by atoms with van der Waals surface area (Å²) in [6, 6.07) is 13.3. The minimum atomic E-state index is -0.636. The molecule has 2 aromatic carbocycles. The predicted octanol–water partition coefficient (Wildman–Crippen LogP) is 3.79. The number of carbonyl (C=O) groups is 1. The van der Waals surface area contributed by atoms with Crippen molar-refractivity contribution in [1.82, 2.24) is 0 Å². The van der Waals surface area contributed by atoms with E-state index >= 15 is 0 Å². The van der Waals surface area contributed by atoms with Crippen molar-refractivity contribution in [1.29, 1.82) is 0 Å². The lowest BCUT2D eigenvalue weighted by Crippen LogP contribution is -2.30. The summed E-state index contributed by atoms with van der Waals surface area (Å²) in [4.78, 5) is 12.1. The van der Waals surface area contributed by atoms with E-state index < -0.39 is 6.10 Å². The summed E-state index contributed by atoms with van der Waals surface area (Å²) >= 11 is 0. The summed E-state index contributed by atoms with van der Waals surface area (Å²) in [7, 11) is 0. The first kappa shape index (κ1) is 15.0. The van der Waals surface area contributed by atoms with Crippen LogP contribution in [0.5, 0.6) is 5.75 Å². The Hall–Kier alpha value is -2.36. The second kappa shape index (κ2) is 6.88. The highest BCUT2D eigenvalue weighted by Crippen LogP contribution is 2.20. The van der Waals surface area contributed by atoms with Crippen LogP contribution in [-0.4, -0.2) is 12.0 Å². The fourth-order valence-electron chi connectivity index (χ4n) is 1.93. The number of para-hydroxylation sites is 1. The van der Waals surface area contributed by atoms with E-state index in [0.29, 0.717) is 11.4 Å². The molecular formula is C17H18FNO2. The average molecular weight is 287 g/mol. The first-order chi connectivity index (χ1) is 10.1. The molecule has 0 aliphatic heterocycles. The van der Waals surface area contributed by atoms with Crippen molar-refractivity contribution in [2.75, 3.05) is 5.32 Å². The van der Waals surface area contributed by atoms with Crippen molar-refractivity contribution >= 4 is 11.6 Å². The third-order valence-corrected chi connectivity index (χ3v) is 3.14. The Kier molecular flexibility index (Phi) is 4.93. The lowest BCUT2D eigenvalue weighted by molar-refractivity contribution is -0.122. The van der Waals surface area contributed by atoms with Gasteiger partial charge in [0, 0.05) is 5.69 Å². The van der Waals surface area contributed by atoms with Crippen LogP contribution in [0.1, 0.15) is 19.4 Å². The SMILES string of the molecule is CCc1ccccc1OC(C)C(=O)Nc1ccc(F)cc1. The molecule has 0 radical (unpaired) electrons. The molecule has 1 atom stereocenters. The molecule has 0 spiro atoms. The maximum absolute atomic E-state index is 12.8. The van der Waals surface area contributed by atoms with E-state index in [0.717, 1.165) is 12.0 Å². The first-order valence-electron chi connectivity index (χ1n) is 6.91. The third kappa shape index (κ3) is 4.05. The van der Waals surface area contributed by atoms with Gasteiger partial charge in [0.15, 0.2) is 6.10 Å². The molecule has 0 saturated carbocycles. The quantitative estimate of drug-likeness (QED) is 0.908. The second-order valence-corrected chi connectivity index (χ2v) is 4.72. The molecule has 0 aliphatic rings. The van der Waals surface area contributed by atoms with Gasteiger partial charge in [-0.25, -0.2) is 4.39 Å². The summed E-state index contributed by atoms with van der Waals surface area (Å²) in [6.07, 6.45) is 0.199. The van der Waals surface area contributed by atoms with Crippen molar-refractivity contribution in [3.8, 4) is 5.75 Å². The van der Waals surface area contributed by atoms with Gasteiger partial charge in [-0.05, 0) is 49.2 Å². The molecule has 0 bridgehead atoms. The minimum absolute atomic E-state index is 0.271. The number of carbonyl (C=O) groups excluding carboxylic acids is 1. The van der Waals surface area contributed by atoms with Crippen LogP contribution < -0.4 is 10.1 Å².